The zero-order valence-corrected chi connectivity index (χ0v) is 11.5. The molecule has 1 aromatic carbocycles. The van der Waals surface area contributed by atoms with Gasteiger partial charge in [0.1, 0.15) is 6.04 Å². The molecular formula is C14H18N2O4. The number of amides is 2. The van der Waals surface area contributed by atoms with E-state index in [1.54, 1.807) is 13.1 Å². The molecule has 0 spiro atoms. The Bertz CT molecular complexity index is 532. The van der Waals surface area contributed by atoms with Crippen LogP contribution in [0.1, 0.15) is 12.0 Å². The zero-order valence-electron chi connectivity index (χ0n) is 11.5. The number of likely N-dealkylation sites (tertiary alicyclic amines) is 1. The summed E-state index contributed by atoms with van der Waals surface area (Å²) in [7, 11) is 1.61. The van der Waals surface area contributed by atoms with Gasteiger partial charge in [-0.2, -0.15) is 0 Å². The summed E-state index contributed by atoms with van der Waals surface area (Å²) >= 11 is 0. The first-order valence-corrected chi connectivity index (χ1v) is 6.42. The number of carbonyl (C=O) groups excluding carboxylic acids is 1. The lowest BCUT2D eigenvalue weighted by Crippen LogP contribution is -2.47. The van der Waals surface area contributed by atoms with Crippen molar-refractivity contribution in [2.45, 2.75) is 25.5 Å². The van der Waals surface area contributed by atoms with Crippen LogP contribution in [0, 0.1) is 6.92 Å². The first-order valence-electron chi connectivity index (χ1n) is 6.42. The van der Waals surface area contributed by atoms with Crippen molar-refractivity contribution in [2.24, 2.45) is 0 Å². The number of anilines is 1. The van der Waals surface area contributed by atoms with Crippen molar-refractivity contribution in [1.29, 1.82) is 0 Å². The second kappa shape index (κ2) is 5.50. The first-order chi connectivity index (χ1) is 9.41. The SMILES string of the molecule is Cc1ccccc1N(C)C(=O)N1C[C@H](O)C[C@H]1C(=O)O. The van der Waals surface area contributed by atoms with Crippen LogP contribution < -0.4 is 4.90 Å². The molecule has 2 amide bonds. The number of carbonyl (C=O) groups is 2. The number of urea groups is 1. The molecule has 1 saturated heterocycles. The number of aryl methyl sites for hydroxylation is 1. The minimum Gasteiger partial charge on any atom is -0.480 e. The summed E-state index contributed by atoms with van der Waals surface area (Å²) in [6.45, 7) is 1.93. The average Bonchev–Trinajstić information content (AvgIpc) is 2.80. The van der Waals surface area contributed by atoms with Gasteiger partial charge in [0.05, 0.1) is 6.10 Å². The quantitative estimate of drug-likeness (QED) is 0.848. The minimum absolute atomic E-state index is 0.0476. The van der Waals surface area contributed by atoms with Gasteiger partial charge in [-0.25, -0.2) is 9.59 Å². The monoisotopic (exact) mass is 278 g/mol. The Morgan fingerprint density at radius 3 is 2.60 bits per heavy atom. The molecule has 1 heterocycles. The van der Waals surface area contributed by atoms with Crippen LogP contribution in [0.4, 0.5) is 10.5 Å². The van der Waals surface area contributed by atoms with Gasteiger partial charge in [0.15, 0.2) is 0 Å². The third-order valence-electron chi connectivity index (χ3n) is 3.57. The molecule has 1 aliphatic rings. The normalized spacial score (nSPS) is 21.9. The topological polar surface area (TPSA) is 81.1 Å². The van der Waals surface area contributed by atoms with Crippen molar-refractivity contribution in [3.63, 3.8) is 0 Å². The predicted molar refractivity (Wildman–Crippen MR) is 73.7 cm³/mol. The van der Waals surface area contributed by atoms with Crippen LogP contribution in [-0.2, 0) is 4.79 Å². The largest absolute Gasteiger partial charge is 0.480 e. The number of aliphatic hydroxyl groups excluding tert-OH is 1. The maximum Gasteiger partial charge on any atom is 0.326 e. The number of nitrogens with zero attached hydrogens (tertiary/aromatic N) is 2. The van der Waals surface area contributed by atoms with E-state index in [1.165, 1.54) is 9.80 Å². The van der Waals surface area contributed by atoms with Gasteiger partial charge in [-0.15, -0.1) is 0 Å². The van der Waals surface area contributed by atoms with Gasteiger partial charge in [-0.05, 0) is 18.6 Å². The molecule has 1 aliphatic heterocycles. The lowest BCUT2D eigenvalue weighted by Gasteiger charge is -2.28. The first kappa shape index (κ1) is 14.3. The van der Waals surface area contributed by atoms with E-state index in [4.69, 9.17) is 5.11 Å². The minimum atomic E-state index is -1.09. The summed E-state index contributed by atoms with van der Waals surface area (Å²) in [5.41, 5.74) is 1.65. The maximum atomic E-state index is 12.4. The van der Waals surface area contributed by atoms with Crippen molar-refractivity contribution in [3.05, 3.63) is 29.8 Å². The number of para-hydroxylation sites is 1. The lowest BCUT2D eigenvalue weighted by molar-refractivity contribution is -0.141. The molecule has 2 atom stereocenters. The number of benzene rings is 1. The van der Waals surface area contributed by atoms with Crippen LogP contribution in [0.15, 0.2) is 24.3 Å². The maximum absolute atomic E-state index is 12.4. The molecule has 0 saturated carbocycles. The van der Waals surface area contributed by atoms with E-state index in [1.807, 2.05) is 25.1 Å². The molecule has 0 aromatic heterocycles. The third-order valence-corrected chi connectivity index (χ3v) is 3.57. The standard InChI is InChI=1S/C14H18N2O4/c1-9-5-3-4-6-11(9)15(2)14(20)16-8-10(17)7-12(16)13(18)19/h3-6,10,12,17H,7-8H2,1-2H3,(H,18,19)/t10-,12+/m1/s1. The van der Waals surface area contributed by atoms with Crippen LogP contribution in [-0.4, -0.2) is 52.9 Å². The van der Waals surface area contributed by atoms with E-state index in [0.29, 0.717) is 0 Å². The van der Waals surface area contributed by atoms with Crippen LogP contribution in [0.3, 0.4) is 0 Å². The summed E-state index contributed by atoms with van der Waals surface area (Å²) in [4.78, 5) is 26.2. The van der Waals surface area contributed by atoms with E-state index in [0.717, 1.165) is 11.3 Å². The fourth-order valence-corrected chi connectivity index (χ4v) is 2.49. The second-order valence-corrected chi connectivity index (χ2v) is 5.02. The molecule has 0 bridgehead atoms. The van der Waals surface area contributed by atoms with Gasteiger partial charge in [0.2, 0.25) is 0 Å². The highest BCUT2D eigenvalue weighted by atomic mass is 16.4. The van der Waals surface area contributed by atoms with Gasteiger partial charge >= 0.3 is 12.0 Å². The number of aliphatic carboxylic acids is 1. The molecule has 6 nitrogen and oxygen atoms in total. The van der Waals surface area contributed by atoms with Gasteiger partial charge in [-0.1, -0.05) is 18.2 Å². The summed E-state index contributed by atoms with van der Waals surface area (Å²) in [6.07, 6.45) is -0.715. The number of hydrogen-bond acceptors (Lipinski definition) is 3. The highest BCUT2D eigenvalue weighted by Crippen LogP contribution is 2.24. The number of β-amino-alcohol motifs (C(OH)–C–C–N with tert-alkyl or cyclic N) is 1. The second-order valence-electron chi connectivity index (χ2n) is 5.02. The van der Waals surface area contributed by atoms with E-state index >= 15 is 0 Å². The highest BCUT2D eigenvalue weighted by molar-refractivity contribution is 5.95. The van der Waals surface area contributed by atoms with Crippen molar-refractivity contribution < 1.29 is 19.8 Å². The van der Waals surface area contributed by atoms with Gasteiger partial charge < -0.3 is 15.1 Å². The third kappa shape index (κ3) is 2.60. The van der Waals surface area contributed by atoms with Crippen LogP contribution in [0.2, 0.25) is 0 Å². The fraction of sp³-hybridized carbons (Fsp3) is 0.429. The summed E-state index contributed by atoms with van der Waals surface area (Å²) in [6, 6.07) is 5.99. The highest BCUT2D eigenvalue weighted by Gasteiger charge is 2.40. The van der Waals surface area contributed by atoms with E-state index < -0.39 is 24.1 Å². The number of aliphatic hydroxyl groups is 1. The van der Waals surface area contributed by atoms with Crippen molar-refractivity contribution in [1.82, 2.24) is 4.90 Å². The van der Waals surface area contributed by atoms with Crippen LogP contribution >= 0.6 is 0 Å². The molecular weight excluding hydrogens is 260 g/mol. The molecule has 2 rings (SSSR count). The van der Waals surface area contributed by atoms with Gasteiger partial charge in [0.25, 0.3) is 0 Å². The zero-order chi connectivity index (χ0) is 14.9. The molecule has 2 N–H and O–H groups in total. The van der Waals surface area contributed by atoms with E-state index in [9.17, 15) is 14.7 Å². The molecule has 108 valence electrons. The van der Waals surface area contributed by atoms with Gasteiger partial charge in [0, 0.05) is 25.7 Å². The number of rotatable bonds is 2. The number of carboxylic acids is 1. The Morgan fingerprint density at radius 1 is 1.35 bits per heavy atom. The molecule has 0 unspecified atom stereocenters. The predicted octanol–water partition coefficient (Wildman–Crippen LogP) is 1.07. The van der Waals surface area contributed by atoms with Crippen molar-refractivity contribution in [2.75, 3.05) is 18.5 Å². The number of carboxylic acid groups (broad SMARTS) is 1. The van der Waals surface area contributed by atoms with E-state index in [2.05, 4.69) is 0 Å². The average molecular weight is 278 g/mol. The summed E-state index contributed by atoms with van der Waals surface area (Å²) in [5, 5.41) is 18.7. The van der Waals surface area contributed by atoms with Crippen LogP contribution in [0.5, 0.6) is 0 Å². The smallest absolute Gasteiger partial charge is 0.326 e. The molecule has 1 fully saturated rings. The lowest BCUT2D eigenvalue weighted by atomic mass is 10.2. The Balaban J connectivity index is 2.22. The summed E-state index contributed by atoms with van der Waals surface area (Å²) in [5.74, 6) is -1.09. The molecule has 1 aromatic rings. The van der Waals surface area contributed by atoms with Crippen molar-refractivity contribution in [3.8, 4) is 0 Å². The number of hydrogen-bond donors (Lipinski definition) is 2. The Kier molecular flexibility index (Phi) is 3.94. The van der Waals surface area contributed by atoms with Crippen LogP contribution in [0.25, 0.3) is 0 Å². The molecule has 0 aliphatic carbocycles. The Hall–Kier alpha value is -2.08. The molecule has 0 radical (unpaired) electrons. The van der Waals surface area contributed by atoms with Crippen molar-refractivity contribution >= 4 is 17.7 Å². The molecule has 6 heteroatoms. The summed E-state index contributed by atoms with van der Waals surface area (Å²) < 4.78 is 0. The Labute approximate surface area is 117 Å². The van der Waals surface area contributed by atoms with Gasteiger partial charge in [-0.3, -0.25) is 4.90 Å². The van der Waals surface area contributed by atoms with E-state index in [-0.39, 0.29) is 13.0 Å². The molecule has 20 heavy (non-hydrogen) atoms. The fourth-order valence-electron chi connectivity index (χ4n) is 2.49. The Morgan fingerprint density at radius 2 is 2.00 bits per heavy atom.